The molecule has 20 heavy (non-hydrogen) atoms. The molecule has 0 amide bonds. The first-order valence-corrected chi connectivity index (χ1v) is 8.08. The quantitative estimate of drug-likeness (QED) is 0.804. The predicted octanol–water partition coefficient (Wildman–Crippen LogP) is 3.60. The molecule has 1 fully saturated rings. The maximum atomic E-state index is 4.64. The van der Waals surface area contributed by atoms with E-state index in [9.17, 15) is 0 Å². The highest BCUT2D eigenvalue weighted by Crippen LogP contribution is 2.35. The van der Waals surface area contributed by atoms with Crippen molar-refractivity contribution in [3.63, 3.8) is 0 Å². The number of anilines is 1. The van der Waals surface area contributed by atoms with Crippen molar-refractivity contribution in [3.05, 3.63) is 23.9 Å². The van der Waals surface area contributed by atoms with Crippen LogP contribution < -0.4 is 10.2 Å². The van der Waals surface area contributed by atoms with Crippen molar-refractivity contribution in [1.29, 1.82) is 0 Å². The Morgan fingerprint density at radius 3 is 2.70 bits per heavy atom. The fourth-order valence-corrected chi connectivity index (χ4v) is 2.86. The Morgan fingerprint density at radius 2 is 2.05 bits per heavy atom. The van der Waals surface area contributed by atoms with Gasteiger partial charge in [-0.15, -0.1) is 0 Å². The van der Waals surface area contributed by atoms with E-state index < -0.39 is 0 Å². The van der Waals surface area contributed by atoms with Gasteiger partial charge in [-0.25, -0.2) is 4.98 Å². The van der Waals surface area contributed by atoms with Crippen molar-refractivity contribution >= 4 is 5.82 Å². The van der Waals surface area contributed by atoms with Crippen LogP contribution in [0.5, 0.6) is 0 Å². The highest BCUT2D eigenvalue weighted by molar-refractivity contribution is 5.47. The Bertz CT molecular complexity index is 408. The maximum absolute atomic E-state index is 4.64. The summed E-state index contributed by atoms with van der Waals surface area (Å²) in [4.78, 5) is 7.11. The minimum Gasteiger partial charge on any atom is -0.356 e. The standard InChI is InChI=1S/C17H29N3/c1-4-10-18-14-15-7-6-11-19-16(15)20-12-8-17(3,5-2)9-13-20/h6-7,11,18H,4-5,8-10,12-14H2,1-3H3. The summed E-state index contributed by atoms with van der Waals surface area (Å²) in [6.45, 7) is 11.2. The van der Waals surface area contributed by atoms with E-state index in [0.717, 1.165) is 26.2 Å². The van der Waals surface area contributed by atoms with Crippen LogP contribution in [0.15, 0.2) is 18.3 Å². The van der Waals surface area contributed by atoms with E-state index >= 15 is 0 Å². The second-order valence-corrected chi connectivity index (χ2v) is 6.31. The zero-order valence-electron chi connectivity index (χ0n) is 13.3. The summed E-state index contributed by atoms with van der Waals surface area (Å²) in [6, 6.07) is 4.26. The molecule has 2 heterocycles. The van der Waals surface area contributed by atoms with Crippen molar-refractivity contribution in [1.82, 2.24) is 10.3 Å². The highest BCUT2D eigenvalue weighted by Gasteiger charge is 2.29. The molecule has 0 aliphatic carbocycles. The molecule has 0 spiro atoms. The average molecular weight is 275 g/mol. The lowest BCUT2D eigenvalue weighted by atomic mass is 9.78. The van der Waals surface area contributed by atoms with Gasteiger partial charge in [0.1, 0.15) is 5.82 Å². The molecule has 1 N–H and O–H groups in total. The van der Waals surface area contributed by atoms with Crippen LogP contribution in [0.2, 0.25) is 0 Å². The number of hydrogen-bond acceptors (Lipinski definition) is 3. The second-order valence-electron chi connectivity index (χ2n) is 6.31. The van der Waals surface area contributed by atoms with Gasteiger partial charge in [0, 0.05) is 31.4 Å². The van der Waals surface area contributed by atoms with Crippen molar-refractivity contribution in [2.24, 2.45) is 5.41 Å². The molecule has 3 nitrogen and oxygen atoms in total. The molecule has 0 bridgehead atoms. The van der Waals surface area contributed by atoms with E-state index in [4.69, 9.17) is 0 Å². The van der Waals surface area contributed by atoms with Gasteiger partial charge in [-0.3, -0.25) is 0 Å². The van der Waals surface area contributed by atoms with E-state index in [1.165, 1.54) is 37.1 Å². The van der Waals surface area contributed by atoms with Crippen LogP contribution in [0.1, 0.15) is 52.0 Å². The lowest BCUT2D eigenvalue weighted by Crippen LogP contribution is -2.39. The van der Waals surface area contributed by atoms with E-state index in [-0.39, 0.29) is 0 Å². The second kappa shape index (κ2) is 7.07. The fraction of sp³-hybridized carbons (Fsp3) is 0.706. The number of hydrogen-bond donors (Lipinski definition) is 1. The first-order valence-electron chi connectivity index (χ1n) is 8.08. The molecule has 2 rings (SSSR count). The first kappa shape index (κ1) is 15.3. The van der Waals surface area contributed by atoms with E-state index in [1.54, 1.807) is 0 Å². The molecular weight excluding hydrogens is 246 g/mol. The Labute approximate surface area is 123 Å². The molecule has 0 aromatic carbocycles. The van der Waals surface area contributed by atoms with E-state index in [2.05, 4.69) is 42.0 Å². The molecule has 0 saturated carbocycles. The molecule has 1 aliphatic heterocycles. The molecule has 1 aromatic rings. The number of nitrogens with one attached hydrogen (secondary N) is 1. The van der Waals surface area contributed by atoms with E-state index in [1.807, 2.05) is 12.3 Å². The summed E-state index contributed by atoms with van der Waals surface area (Å²) >= 11 is 0. The van der Waals surface area contributed by atoms with Crippen LogP contribution in [-0.4, -0.2) is 24.6 Å². The summed E-state index contributed by atoms with van der Waals surface area (Å²) in [7, 11) is 0. The maximum Gasteiger partial charge on any atom is 0.133 e. The third kappa shape index (κ3) is 3.72. The number of rotatable bonds is 6. The summed E-state index contributed by atoms with van der Waals surface area (Å²) in [5.74, 6) is 1.19. The Balaban J connectivity index is 2.02. The third-order valence-corrected chi connectivity index (χ3v) is 4.73. The molecule has 0 atom stereocenters. The third-order valence-electron chi connectivity index (χ3n) is 4.73. The number of piperidine rings is 1. The van der Waals surface area contributed by atoms with Crippen molar-refractivity contribution in [3.8, 4) is 0 Å². The largest absolute Gasteiger partial charge is 0.356 e. The van der Waals surface area contributed by atoms with Gasteiger partial charge in [-0.05, 0) is 37.3 Å². The molecule has 1 aromatic heterocycles. The van der Waals surface area contributed by atoms with Crippen LogP contribution in [0.25, 0.3) is 0 Å². The number of pyridine rings is 1. The fourth-order valence-electron chi connectivity index (χ4n) is 2.86. The summed E-state index contributed by atoms with van der Waals surface area (Å²) in [5, 5.41) is 3.49. The summed E-state index contributed by atoms with van der Waals surface area (Å²) in [6.07, 6.45) is 6.94. The Kier molecular flexibility index (Phi) is 5.41. The lowest BCUT2D eigenvalue weighted by molar-refractivity contribution is 0.237. The average Bonchev–Trinajstić information content (AvgIpc) is 2.49. The minimum absolute atomic E-state index is 0.534. The first-order chi connectivity index (χ1) is 9.68. The normalized spacial score (nSPS) is 18.2. The molecule has 112 valence electrons. The van der Waals surface area contributed by atoms with Crippen molar-refractivity contribution in [2.45, 2.75) is 53.0 Å². The zero-order valence-corrected chi connectivity index (χ0v) is 13.3. The van der Waals surface area contributed by atoms with Crippen LogP contribution in [0.4, 0.5) is 5.82 Å². The zero-order chi connectivity index (χ0) is 14.4. The summed E-state index contributed by atoms with van der Waals surface area (Å²) < 4.78 is 0. The Morgan fingerprint density at radius 1 is 1.30 bits per heavy atom. The minimum atomic E-state index is 0.534. The van der Waals surface area contributed by atoms with E-state index in [0.29, 0.717) is 5.41 Å². The monoisotopic (exact) mass is 275 g/mol. The molecule has 0 radical (unpaired) electrons. The SMILES string of the molecule is CCCNCc1cccnc1N1CCC(C)(CC)CC1. The Hall–Kier alpha value is -1.09. The van der Waals surface area contributed by atoms with Gasteiger partial charge in [-0.1, -0.05) is 33.3 Å². The highest BCUT2D eigenvalue weighted by atomic mass is 15.2. The van der Waals surface area contributed by atoms with Crippen LogP contribution in [0, 0.1) is 5.41 Å². The molecular formula is C17H29N3. The van der Waals surface area contributed by atoms with Gasteiger partial charge >= 0.3 is 0 Å². The molecule has 0 unspecified atom stereocenters. The van der Waals surface area contributed by atoms with Crippen LogP contribution in [-0.2, 0) is 6.54 Å². The van der Waals surface area contributed by atoms with Crippen LogP contribution in [0.3, 0.4) is 0 Å². The van der Waals surface area contributed by atoms with Gasteiger partial charge in [0.05, 0.1) is 0 Å². The van der Waals surface area contributed by atoms with Crippen LogP contribution >= 0.6 is 0 Å². The van der Waals surface area contributed by atoms with Crippen molar-refractivity contribution in [2.75, 3.05) is 24.5 Å². The predicted molar refractivity (Wildman–Crippen MR) is 86.1 cm³/mol. The lowest BCUT2D eigenvalue weighted by Gasteiger charge is -2.40. The van der Waals surface area contributed by atoms with Gasteiger partial charge in [-0.2, -0.15) is 0 Å². The number of aromatic nitrogens is 1. The van der Waals surface area contributed by atoms with Crippen molar-refractivity contribution < 1.29 is 0 Å². The van der Waals surface area contributed by atoms with Gasteiger partial charge < -0.3 is 10.2 Å². The van der Waals surface area contributed by atoms with Gasteiger partial charge in [0.25, 0.3) is 0 Å². The molecule has 1 saturated heterocycles. The number of nitrogens with zero attached hydrogens (tertiary/aromatic N) is 2. The van der Waals surface area contributed by atoms with Gasteiger partial charge in [0.2, 0.25) is 0 Å². The topological polar surface area (TPSA) is 28.2 Å². The summed E-state index contributed by atoms with van der Waals surface area (Å²) in [5.41, 5.74) is 1.87. The molecule has 3 heteroatoms. The smallest absolute Gasteiger partial charge is 0.133 e. The molecule has 1 aliphatic rings. The van der Waals surface area contributed by atoms with Gasteiger partial charge in [0.15, 0.2) is 0 Å².